The molecule has 41 heavy (non-hydrogen) atoms. The first kappa shape index (κ1) is 27.2. The summed E-state index contributed by atoms with van der Waals surface area (Å²) in [5.41, 5.74) is 5.58. The molecule has 2 aromatic heterocycles. The Balaban J connectivity index is 1.24. The molecule has 6 rings (SSSR count). The number of halogens is 1. The predicted octanol–water partition coefficient (Wildman–Crippen LogP) is 6.22. The van der Waals surface area contributed by atoms with Crippen LogP contribution in [0.4, 0.5) is 17.3 Å². The van der Waals surface area contributed by atoms with E-state index in [4.69, 9.17) is 16.6 Å². The summed E-state index contributed by atoms with van der Waals surface area (Å²) in [4.78, 5) is 32.2. The molecular weight excluding hydrogens is 534 g/mol. The number of pyridine rings is 1. The highest BCUT2D eigenvalue weighted by atomic mass is 35.5. The van der Waals surface area contributed by atoms with Gasteiger partial charge in [-0.25, -0.2) is 4.98 Å². The minimum absolute atomic E-state index is 0.140. The largest absolute Gasteiger partial charge is 0.369 e. The molecular formula is C32H34ClN7O. The van der Waals surface area contributed by atoms with Crippen LogP contribution in [0.3, 0.4) is 0 Å². The summed E-state index contributed by atoms with van der Waals surface area (Å²) >= 11 is 6.68. The number of aromatic nitrogens is 3. The van der Waals surface area contributed by atoms with Crippen LogP contribution in [0, 0.1) is 0 Å². The van der Waals surface area contributed by atoms with Gasteiger partial charge >= 0.3 is 0 Å². The van der Waals surface area contributed by atoms with E-state index in [0.717, 1.165) is 54.9 Å². The highest BCUT2D eigenvalue weighted by Gasteiger charge is 2.19. The van der Waals surface area contributed by atoms with E-state index >= 15 is 0 Å². The Bertz CT molecular complexity index is 1700. The summed E-state index contributed by atoms with van der Waals surface area (Å²) < 4.78 is 1.67. The molecule has 2 aliphatic heterocycles. The van der Waals surface area contributed by atoms with E-state index in [0.29, 0.717) is 40.3 Å². The van der Waals surface area contributed by atoms with Crippen LogP contribution in [0.15, 0.2) is 70.6 Å². The first-order valence-corrected chi connectivity index (χ1v) is 14.6. The molecule has 0 saturated carbocycles. The van der Waals surface area contributed by atoms with E-state index in [2.05, 4.69) is 57.1 Å². The van der Waals surface area contributed by atoms with Crippen LogP contribution in [0.25, 0.3) is 27.9 Å². The zero-order valence-electron chi connectivity index (χ0n) is 23.6. The Kier molecular flexibility index (Phi) is 7.60. The van der Waals surface area contributed by atoms with E-state index in [1.165, 1.54) is 5.69 Å². The van der Waals surface area contributed by atoms with Gasteiger partial charge in [-0.1, -0.05) is 29.8 Å². The van der Waals surface area contributed by atoms with Crippen LogP contribution in [0.1, 0.15) is 32.8 Å². The summed E-state index contributed by atoms with van der Waals surface area (Å²) in [5.74, 6) is 0.443. The Morgan fingerprint density at radius 2 is 1.78 bits per heavy atom. The third-order valence-corrected chi connectivity index (χ3v) is 8.19. The quantitative estimate of drug-likeness (QED) is 0.285. The van der Waals surface area contributed by atoms with Crippen molar-refractivity contribution in [3.05, 3.63) is 81.7 Å². The fourth-order valence-corrected chi connectivity index (χ4v) is 5.82. The van der Waals surface area contributed by atoms with Gasteiger partial charge in [0.25, 0.3) is 5.56 Å². The van der Waals surface area contributed by atoms with Gasteiger partial charge in [0.1, 0.15) is 5.65 Å². The number of nitrogens with one attached hydrogen (secondary N) is 1. The van der Waals surface area contributed by atoms with Crippen LogP contribution >= 0.6 is 11.6 Å². The summed E-state index contributed by atoms with van der Waals surface area (Å²) in [6, 6.07) is 16.5. The van der Waals surface area contributed by atoms with Crippen LogP contribution < -0.4 is 15.8 Å². The molecule has 8 nitrogen and oxygen atoms in total. The first-order chi connectivity index (χ1) is 19.9. The molecule has 0 atom stereocenters. The summed E-state index contributed by atoms with van der Waals surface area (Å²) in [6.45, 7) is 11.1. The van der Waals surface area contributed by atoms with Crippen LogP contribution in [-0.2, 0) is 6.54 Å². The lowest BCUT2D eigenvalue weighted by Crippen LogP contribution is -2.48. The lowest BCUT2D eigenvalue weighted by molar-refractivity contribution is 0.209. The minimum Gasteiger partial charge on any atom is -0.369 e. The molecule has 4 aromatic rings. The molecule has 1 fully saturated rings. The van der Waals surface area contributed by atoms with Crippen molar-refractivity contribution in [1.29, 1.82) is 0 Å². The minimum atomic E-state index is -0.140. The Morgan fingerprint density at radius 1 is 1.00 bits per heavy atom. The smallest absolute Gasteiger partial charge is 0.260 e. The van der Waals surface area contributed by atoms with Gasteiger partial charge in [0.2, 0.25) is 5.95 Å². The fraction of sp³-hybridized carbons (Fsp3) is 0.312. The monoisotopic (exact) mass is 567 g/mol. The third kappa shape index (κ3) is 5.49. The van der Waals surface area contributed by atoms with Gasteiger partial charge in [0.05, 0.1) is 5.70 Å². The van der Waals surface area contributed by atoms with Crippen molar-refractivity contribution in [2.75, 3.05) is 36.4 Å². The fourth-order valence-electron chi connectivity index (χ4n) is 5.54. The van der Waals surface area contributed by atoms with Gasteiger partial charge in [-0.05, 0) is 57.2 Å². The maximum absolute atomic E-state index is 13.6. The lowest BCUT2D eigenvalue weighted by Gasteiger charge is -2.38. The van der Waals surface area contributed by atoms with Gasteiger partial charge in [-0.2, -0.15) is 4.98 Å². The van der Waals surface area contributed by atoms with Crippen molar-refractivity contribution in [3.8, 4) is 11.1 Å². The average molecular weight is 568 g/mol. The number of hydrogen-bond acceptors (Lipinski definition) is 7. The zero-order chi connectivity index (χ0) is 28.5. The van der Waals surface area contributed by atoms with Crippen LogP contribution in [0.2, 0.25) is 5.02 Å². The normalized spacial score (nSPS) is 15.6. The van der Waals surface area contributed by atoms with Crippen molar-refractivity contribution in [2.24, 2.45) is 4.99 Å². The maximum atomic E-state index is 13.6. The number of aliphatic imine (C=N–C) groups is 1. The predicted molar refractivity (Wildman–Crippen MR) is 170 cm³/mol. The topological polar surface area (TPSA) is 78.7 Å². The molecule has 1 N–H and O–H groups in total. The third-order valence-electron chi connectivity index (χ3n) is 7.88. The van der Waals surface area contributed by atoms with Crippen molar-refractivity contribution >= 4 is 51.9 Å². The molecule has 0 radical (unpaired) electrons. The van der Waals surface area contributed by atoms with Crippen molar-refractivity contribution < 1.29 is 0 Å². The second kappa shape index (κ2) is 11.5. The van der Waals surface area contributed by atoms with E-state index < -0.39 is 0 Å². The van der Waals surface area contributed by atoms with Crippen LogP contribution in [0.5, 0.6) is 0 Å². The van der Waals surface area contributed by atoms with Gasteiger partial charge in [-0.15, -0.1) is 0 Å². The maximum Gasteiger partial charge on any atom is 0.260 e. The van der Waals surface area contributed by atoms with E-state index in [9.17, 15) is 4.79 Å². The number of fused-ring (bicyclic) bond motifs is 1. The Labute approximate surface area is 245 Å². The summed E-state index contributed by atoms with van der Waals surface area (Å²) in [6.07, 6.45) is 6.49. The molecule has 0 bridgehead atoms. The SMILES string of the molecule is CCn1c(=O)c(-c2ccc(C3=CCC=N3)cc2Cl)cc2cnc(Nc3ccc(N4CCN(C(C)C)CC4)cc3)nc21. The summed E-state index contributed by atoms with van der Waals surface area (Å²) in [5, 5.41) is 4.58. The Hall–Kier alpha value is -4.01. The molecule has 2 aromatic carbocycles. The van der Waals surface area contributed by atoms with E-state index in [1.807, 2.05) is 49.5 Å². The number of nitrogens with zero attached hydrogens (tertiary/aromatic N) is 6. The molecule has 9 heteroatoms. The van der Waals surface area contributed by atoms with Gasteiger partial charge < -0.3 is 10.2 Å². The molecule has 0 aliphatic carbocycles. The number of hydrogen-bond donors (Lipinski definition) is 1. The van der Waals surface area contributed by atoms with Gasteiger partial charge in [0.15, 0.2) is 0 Å². The molecule has 0 amide bonds. The summed E-state index contributed by atoms with van der Waals surface area (Å²) in [7, 11) is 0. The lowest BCUT2D eigenvalue weighted by atomic mass is 10.0. The zero-order valence-corrected chi connectivity index (χ0v) is 24.4. The average Bonchev–Trinajstić information content (AvgIpc) is 3.53. The number of rotatable bonds is 7. The molecule has 210 valence electrons. The van der Waals surface area contributed by atoms with Crippen molar-refractivity contribution in [1.82, 2.24) is 19.4 Å². The molecule has 1 saturated heterocycles. The van der Waals surface area contributed by atoms with Crippen molar-refractivity contribution in [3.63, 3.8) is 0 Å². The van der Waals surface area contributed by atoms with Gasteiger partial charge in [0, 0.05) is 96.1 Å². The Morgan fingerprint density at radius 3 is 2.44 bits per heavy atom. The molecule has 0 unspecified atom stereocenters. The highest BCUT2D eigenvalue weighted by Crippen LogP contribution is 2.32. The van der Waals surface area contributed by atoms with Crippen molar-refractivity contribution in [2.45, 2.75) is 39.8 Å². The standard InChI is InChI=1S/C32H34ClN7O/c1-4-40-30-23(18-27(31(40)41)26-12-7-22(19-28(26)33)29-6-5-13-34-29)20-35-32(37-30)36-24-8-10-25(11-9-24)39-16-14-38(15-17-39)21(2)3/h6-13,18-21H,4-5,14-17H2,1-3H3,(H,35,36,37). The number of aryl methyl sites for hydroxylation is 1. The molecule has 4 heterocycles. The highest BCUT2D eigenvalue weighted by molar-refractivity contribution is 6.33. The number of piperazine rings is 1. The second-order valence-corrected chi connectivity index (χ2v) is 11.1. The number of anilines is 3. The van der Waals surface area contributed by atoms with E-state index in [1.54, 1.807) is 10.8 Å². The number of allylic oxidation sites excluding steroid dienone is 1. The van der Waals surface area contributed by atoms with E-state index in [-0.39, 0.29) is 5.56 Å². The second-order valence-electron chi connectivity index (χ2n) is 10.7. The van der Waals surface area contributed by atoms with Gasteiger partial charge in [-0.3, -0.25) is 19.3 Å². The van der Waals surface area contributed by atoms with Crippen LogP contribution in [-0.4, -0.2) is 57.9 Å². The molecule has 0 spiro atoms. The first-order valence-electron chi connectivity index (χ1n) is 14.2. The molecule has 2 aliphatic rings. The number of benzene rings is 2.